The largest absolute Gasteiger partial charge is 0.497 e. The first-order valence-electron chi connectivity index (χ1n) is 6.36. The number of aliphatic hydroxyl groups excluding tert-OH is 1. The molecule has 2 nitrogen and oxygen atoms in total. The van der Waals surface area contributed by atoms with Crippen molar-refractivity contribution in [2.45, 2.75) is 18.9 Å². The molecule has 106 valence electrons. The standard InChI is InChI=1S/C16H16BrFO2/c1-20-13-6-2-11(3-7-13)4-9-16(19)12-5-8-14(17)15(18)10-12/h2-3,5-8,10,16,19H,4,9H2,1H3. The topological polar surface area (TPSA) is 29.5 Å². The highest BCUT2D eigenvalue weighted by Gasteiger charge is 2.10. The fourth-order valence-electron chi connectivity index (χ4n) is 1.98. The Bertz CT molecular complexity index is 569. The summed E-state index contributed by atoms with van der Waals surface area (Å²) in [5.74, 6) is 0.454. The van der Waals surface area contributed by atoms with E-state index in [1.54, 1.807) is 19.2 Å². The monoisotopic (exact) mass is 338 g/mol. The molecule has 0 aliphatic heterocycles. The van der Waals surface area contributed by atoms with Gasteiger partial charge in [0.2, 0.25) is 0 Å². The molecule has 0 aromatic heterocycles. The van der Waals surface area contributed by atoms with Crippen molar-refractivity contribution in [2.24, 2.45) is 0 Å². The number of aryl methyl sites for hydroxylation is 1. The molecule has 0 amide bonds. The van der Waals surface area contributed by atoms with E-state index in [9.17, 15) is 9.50 Å². The highest BCUT2D eigenvalue weighted by Crippen LogP contribution is 2.24. The molecule has 0 spiro atoms. The zero-order valence-electron chi connectivity index (χ0n) is 11.1. The van der Waals surface area contributed by atoms with Crippen LogP contribution in [0.25, 0.3) is 0 Å². The number of hydrogen-bond acceptors (Lipinski definition) is 2. The molecule has 0 saturated heterocycles. The molecule has 1 unspecified atom stereocenters. The summed E-state index contributed by atoms with van der Waals surface area (Å²) >= 11 is 3.10. The van der Waals surface area contributed by atoms with Crippen molar-refractivity contribution >= 4 is 15.9 Å². The molecule has 0 fully saturated rings. The Morgan fingerprint density at radius 1 is 1.20 bits per heavy atom. The van der Waals surface area contributed by atoms with E-state index < -0.39 is 6.10 Å². The van der Waals surface area contributed by atoms with E-state index in [1.165, 1.54) is 6.07 Å². The van der Waals surface area contributed by atoms with Crippen molar-refractivity contribution in [2.75, 3.05) is 7.11 Å². The zero-order valence-corrected chi connectivity index (χ0v) is 12.7. The molecule has 20 heavy (non-hydrogen) atoms. The van der Waals surface area contributed by atoms with Crippen molar-refractivity contribution < 1.29 is 14.2 Å². The van der Waals surface area contributed by atoms with Gasteiger partial charge in [0.15, 0.2) is 0 Å². The Morgan fingerprint density at radius 2 is 1.90 bits per heavy atom. The van der Waals surface area contributed by atoms with Gasteiger partial charge < -0.3 is 9.84 Å². The maximum atomic E-state index is 13.4. The third-order valence-corrected chi connectivity index (χ3v) is 3.84. The first kappa shape index (κ1) is 15.0. The Balaban J connectivity index is 1.96. The number of halogens is 2. The molecule has 0 radical (unpaired) electrons. The lowest BCUT2D eigenvalue weighted by Crippen LogP contribution is -2.00. The van der Waals surface area contributed by atoms with Gasteiger partial charge in [-0.2, -0.15) is 0 Å². The Labute approximate surface area is 126 Å². The first-order valence-corrected chi connectivity index (χ1v) is 7.15. The highest BCUT2D eigenvalue weighted by atomic mass is 79.9. The van der Waals surface area contributed by atoms with E-state index in [-0.39, 0.29) is 5.82 Å². The maximum absolute atomic E-state index is 13.4. The van der Waals surface area contributed by atoms with E-state index in [1.807, 2.05) is 24.3 Å². The van der Waals surface area contributed by atoms with Crippen LogP contribution in [0.3, 0.4) is 0 Å². The lowest BCUT2D eigenvalue weighted by Gasteiger charge is -2.12. The fourth-order valence-corrected chi connectivity index (χ4v) is 2.23. The molecule has 0 heterocycles. The summed E-state index contributed by atoms with van der Waals surface area (Å²) in [5, 5.41) is 10.1. The summed E-state index contributed by atoms with van der Waals surface area (Å²) in [6.07, 6.45) is 0.607. The van der Waals surface area contributed by atoms with E-state index in [0.717, 1.165) is 17.7 Å². The summed E-state index contributed by atoms with van der Waals surface area (Å²) in [7, 11) is 1.63. The number of rotatable bonds is 5. The summed E-state index contributed by atoms with van der Waals surface area (Å²) in [6.45, 7) is 0. The van der Waals surface area contributed by atoms with Crippen LogP contribution >= 0.6 is 15.9 Å². The van der Waals surface area contributed by atoms with E-state index in [2.05, 4.69) is 15.9 Å². The van der Waals surface area contributed by atoms with E-state index in [0.29, 0.717) is 16.5 Å². The Morgan fingerprint density at radius 3 is 2.50 bits per heavy atom. The summed E-state index contributed by atoms with van der Waals surface area (Å²) in [5.41, 5.74) is 1.71. The highest BCUT2D eigenvalue weighted by molar-refractivity contribution is 9.10. The van der Waals surface area contributed by atoms with Crippen molar-refractivity contribution in [3.8, 4) is 5.75 Å². The SMILES string of the molecule is COc1ccc(CCC(O)c2ccc(Br)c(F)c2)cc1. The minimum atomic E-state index is -0.667. The van der Waals surface area contributed by atoms with E-state index >= 15 is 0 Å². The van der Waals surface area contributed by atoms with Gasteiger partial charge in [-0.05, 0) is 64.2 Å². The number of aliphatic hydroxyl groups is 1. The average Bonchev–Trinajstić information content (AvgIpc) is 2.48. The molecule has 4 heteroatoms. The van der Waals surface area contributed by atoms with Gasteiger partial charge >= 0.3 is 0 Å². The van der Waals surface area contributed by atoms with Crippen molar-refractivity contribution in [1.82, 2.24) is 0 Å². The Kier molecular flexibility index (Phi) is 5.15. The third kappa shape index (κ3) is 3.81. The number of ether oxygens (including phenoxy) is 1. The molecular formula is C16H16BrFO2. The van der Waals surface area contributed by atoms with Crippen LogP contribution in [0.2, 0.25) is 0 Å². The van der Waals surface area contributed by atoms with Gasteiger partial charge in [-0.3, -0.25) is 0 Å². The summed E-state index contributed by atoms with van der Waals surface area (Å²) < 4.78 is 18.9. The zero-order chi connectivity index (χ0) is 14.5. The van der Waals surface area contributed by atoms with Gasteiger partial charge in [0, 0.05) is 0 Å². The Hall–Kier alpha value is -1.39. The summed E-state index contributed by atoms with van der Waals surface area (Å²) in [6, 6.07) is 12.4. The fraction of sp³-hybridized carbons (Fsp3) is 0.250. The molecule has 0 aliphatic carbocycles. The van der Waals surface area contributed by atoms with Gasteiger partial charge in [0.1, 0.15) is 11.6 Å². The van der Waals surface area contributed by atoms with Crippen LogP contribution in [0, 0.1) is 5.82 Å². The van der Waals surface area contributed by atoms with Gasteiger partial charge in [0.05, 0.1) is 17.7 Å². The normalized spacial score (nSPS) is 12.2. The van der Waals surface area contributed by atoms with Gasteiger partial charge in [-0.1, -0.05) is 18.2 Å². The van der Waals surface area contributed by atoms with Gasteiger partial charge in [-0.25, -0.2) is 4.39 Å². The molecule has 1 N–H and O–H groups in total. The summed E-state index contributed by atoms with van der Waals surface area (Å²) in [4.78, 5) is 0. The second kappa shape index (κ2) is 6.86. The van der Waals surface area contributed by atoms with Crippen LogP contribution in [0.5, 0.6) is 5.75 Å². The molecule has 0 bridgehead atoms. The lowest BCUT2D eigenvalue weighted by molar-refractivity contribution is 0.167. The third-order valence-electron chi connectivity index (χ3n) is 3.19. The molecule has 0 aliphatic rings. The number of hydrogen-bond donors (Lipinski definition) is 1. The lowest BCUT2D eigenvalue weighted by atomic mass is 10.0. The van der Waals surface area contributed by atoms with Crippen LogP contribution in [0.4, 0.5) is 4.39 Å². The quantitative estimate of drug-likeness (QED) is 0.882. The molecular weight excluding hydrogens is 323 g/mol. The van der Waals surface area contributed by atoms with Gasteiger partial charge in [-0.15, -0.1) is 0 Å². The van der Waals surface area contributed by atoms with Crippen molar-refractivity contribution in [1.29, 1.82) is 0 Å². The van der Waals surface area contributed by atoms with Crippen LogP contribution in [-0.2, 0) is 6.42 Å². The van der Waals surface area contributed by atoms with Crippen LogP contribution in [0.15, 0.2) is 46.9 Å². The molecule has 2 rings (SSSR count). The average molecular weight is 339 g/mol. The molecule has 2 aromatic carbocycles. The molecule has 1 atom stereocenters. The van der Waals surface area contributed by atoms with Crippen molar-refractivity contribution in [3.05, 3.63) is 63.9 Å². The van der Waals surface area contributed by atoms with Gasteiger partial charge in [0.25, 0.3) is 0 Å². The smallest absolute Gasteiger partial charge is 0.137 e. The first-order chi connectivity index (χ1) is 9.60. The minimum Gasteiger partial charge on any atom is -0.497 e. The number of methoxy groups -OCH3 is 1. The second-order valence-corrected chi connectivity index (χ2v) is 5.43. The minimum absolute atomic E-state index is 0.356. The molecule has 2 aromatic rings. The second-order valence-electron chi connectivity index (χ2n) is 4.58. The predicted molar refractivity (Wildman–Crippen MR) is 80.4 cm³/mol. The molecule has 0 saturated carbocycles. The van der Waals surface area contributed by atoms with Crippen molar-refractivity contribution in [3.63, 3.8) is 0 Å². The maximum Gasteiger partial charge on any atom is 0.137 e. The van der Waals surface area contributed by atoms with Crippen LogP contribution < -0.4 is 4.74 Å². The van der Waals surface area contributed by atoms with Crippen LogP contribution in [0.1, 0.15) is 23.7 Å². The van der Waals surface area contributed by atoms with Crippen LogP contribution in [-0.4, -0.2) is 12.2 Å². The van der Waals surface area contributed by atoms with E-state index in [4.69, 9.17) is 4.74 Å². The predicted octanol–water partition coefficient (Wildman–Crippen LogP) is 4.26. The number of benzene rings is 2.